The van der Waals surface area contributed by atoms with E-state index in [2.05, 4.69) is 12.0 Å². The van der Waals surface area contributed by atoms with Gasteiger partial charge in [0.15, 0.2) is 0 Å². The maximum absolute atomic E-state index is 12.5. The number of aromatic nitrogens is 3. The number of amides is 1. The number of aryl methyl sites for hydroxylation is 4. The summed E-state index contributed by atoms with van der Waals surface area (Å²) < 4.78 is 1.79. The lowest BCUT2D eigenvalue weighted by Crippen LogP contribution is -2.35. The van der Waals surface area contributed by atoms with Crippen LogP contribution in [0.25, 0.3) is 0 Å². The molecule has 1 aliphatic rings. The Morgan fingerprint density at radius 2 is 2.22 bits per heavy atom. The summed E-state index contributed by atoms with van der Waals surface area (Å²) in [6.45, 7) is 7.06. The number of hydrogen-bond acceptors (Lipinski definition) is 4. The van der Waals surface area contributed by atoms with Crippen LogP contribution in [0.3, 0.4) is 0 Å². The molecular weight excluding hydrogens is 308 g/mol. The van der Waals surface area contributed by atoms with E-state index in [0.29, 0.717) is 12.5 Å². The molecule has 2 aromatic rings. The van der Waals surface area contributed by atoms with Gasteiger partial charge in [-0.25, -0.2) is 4.98 Å². The van der Waals surface area contributed by atoms with Crippen LogP contribution in [-0.2, 0) is 17.8 Å². The molecule has 1 amide bonds. The molecule has 0 radical (unpaired) electrons. The smallest absolute Gasteiger partial charge is 0.244 e. The van der Waals surface area contributed by atoms with Gasteiger partial charge in [0, 0.05) is 30.1 Å². The third-order valence-corrected chi connectivity index (χ3v) is 5.53. The van der Waals surface area contributed by atoms with Crippen molar-refractivity contribution in [1.82, 2.24) is 19.7 Å². The fourth-order valence-electron chi connectivity index (χ4n) is 3.32. The van der Waals surface area contributed by atoms with E-state index in [1.54, 1.807) is 4.68 Å². The predicted octanol–water partition coefficient (Wildman–Crippen LogP) is 2.84. The number of fused-ring (bicyclic) bond motifs is 1. The first-order valence-corrected chi connectivity index (χ1v) is 8.97. The summed E-state index contributed by atoms with van der Waals surface area (Å²) in [4.78, 5) is 20.5. The number of hydrogen-bond donors (Lipinski definition) is 0. The molecule has 0 saturated carbocycles. The van der Waals surface area contributed by atoms with Gasteiger partial charge < -0.3 is 4.90 Å². The van der Waals surface area contributed by atoms with Crippen molar-refractivity contribution < 1.29 is 4.79 Å². The standard InChI is InChI=1S/C17H24N4OS/c1-11-8-12(2)21(19-11)10-16(22)20(4)9-14-6-5-7-15-17(14)18-13(3)23-15/h8,14H,5-7,9-10H2,1-4H3. The van der Waals surface area contributed by atoms with Crippen LogP contribution >= 0.6 is 11.3 Å². The van der Waals surface area contributed by atoms with Gasteiger partial charge in [-0.3, -0.25) is 9.48 Å². The molecule has 23 heavy (non-hydrogen) atoms. The van der Waals surface area contributed by atoms with Crippen molar-refractivity contribution in [2.75, 3.05) is 13.6 Å². The van der Waals surface area contributed by atoms with Gasteiger partial charge in [-0.1, -0.05) is 0 Å². The first kappa shape index (κ1) is 16.2. The van der Waals surface area contributed by atoms with Gasteiger partial charge in [0.05, 0.1) is 16.4 Å². The molecule has 0 saturated heterocycles. The Bertz CT molecular complexity index is 718. The maximum Gasteiger partial charge on any atom is 0.244 e. The molecule has 1 unspecified atom stereocenters. The highest BCUT2D eigenvalue weighted by Gasteiger charge is 2.26. The van der Waals surface area contributed by atoms with E-state index in [0.717, 1.165) is 35.8 Å². The van der Waals surface area contributed by atoms with Crippen molar-refractivity contribution in [2.45, 2.75) is 52.5 Å². The van der Waals surface area contributed by atoms with Crippen molar-refractivity contribution >= 4 is 17.2 Å². The topological polar surface area (TPSA) is 51.0 Å². The van der Waals surface area contributed by atoms with Crippen LogP contribution in [0.2, 0.25) is 0 Å². The molecular formula is C17H24N4OS. The minimum absolute atomic E-state index is 0.107. The van der Waals surface area contributed by atoms with Crippen LogP contribution in [0.15, 0.2) is 6.07 Å². The van der Waals surface area contributed by atoms with Gasteiger partial charge in [-0.05, 0) is 46.1 Å². The van der Waals surface area contributed by atoms with Gasteiger partial charge in [-0.2, -0.15) is 5.10 Å². The molecule has 3 rings (SSSR count). The molecule has 0 aliphatic heterocycles. The molecule has 5 nitrogen and oxygen atoms in total. The molecule has 0 bridgehead atoms. The minimum atomic E-state index is 0.107. The van der Waals surface area contributed by atoms with Gasteiger partial charge in [-0.15, -0.1) is 11.3 Å². The third kappa shape index (κ3) is 3.47. The Balaban J connectivity index is 1.66. The van der Waals surface area contributed by atoms with E-state index >= 15 is 0 Å². The Labute approximate surface area is 141 Å². The van der Waals surface area contributed by atoms with Crippen LogP contribution in [0.1, 0.15) is 45.7 Å². The number of carbonyl (C=O) groups is 1. The molecule has 6 heteroatoms. The summed E-state index contributed by atoms with van der Waals surface area (Å²) in [6.07, 6.45) is 3.45. The summed E-state index contributed by atoms with van der Waals surface area (Å²) in [5.74, 6) is 0.480. The fourth-order valence-corrected chi connectivity index (χ4v) is 4.39. The largest absolute Gasteiger partial charge is 0.343 e. The summed E-state index contributed by atoms with van der Waals surface area (Å²) >= 11 is 1.81. The van der Waals surface area contributed by atoms with Gasteiger partial charge in [0.2, 0.25) is 5.91 Å². The average molecular weight is 332 g/mol. The number of thiazole rings is 1. The monoisotopic (exact) mass is 332 g/mol. The van der Waals surface area contributed by atoms with Gasteiger partial charge in [0.25, 0.3) is 0 Å². The first-order chi connectivity index (χ1) is 10.9. The fraction of sp³-hybridized carbons (Fsp3) is 0.588. The number of nitrogens with zero attached hydrogens (tertiary/aromatic N) is 4. The van der Waals surface area contributed by atoms with Gasteiger partial charge >= 0.3 is 0 Å². The molecule has 2 aromatic heterocycles. The SMILES string of the molecule is Cc1cc(C)n(CC(=O)N(C)CC2CCCc3sc(C)nc32)n1. The highest BCUT2D eigenvalue weighted by molar-refractivity contribution is 7.11. The highest BCUT2D eigenvalue weighted by Crippen LogP contribution is 2.34. The van der Waals surface area contributed by atoms with E-state index < -0.39 is 0 Å². The average Bonchev–Trinajstić information content (AvgIpc) is 3.01. The van der Waals surface area contributed by atoms with Crippen molar-refractivity contribution in [1.29, 1.82) is 0 Å². The third-order valence-electron chi connectivity index (χ3n) is 4.49. The van der Waals surface area contributed by atoms with Crippen LogP contribution in [0.4, 0.5) is 0 Å². The number of likely N-dealkylation sites (N-methyl/N-ethyl adjacent to an activating group) is 1. The van der Waals surface area contributed by atoms with Gasteiger partial charge in [0.1, 0.15) is 6.54 Å². The van der Waals surface area contributed by atoms with Crippen molar-refractivity contribution in [3.05, 3.63) is 33.0 Å². The second-order valence-electron chi connectivity index (χ2n) is 6.49. The quantitative estimate of drug-likeness (QED) is 0.865. The highest BCUT2D eigenvalue weighted by atomic mass is 32.1. The summed E-state index contributed by atoms with van der Waals surface area (Å²) in [5, 5.41) is 5.51. The molecule has 0 spiro atoms. The first-order valence-electron chi connectivity index (χ1n) is 8.15. The molecule has 0 aromatic carbocycles. The molecule has 1 atom stereocenters. The Morgan fingerprint density at radius 1 is 1.43 bits per heavy atom. The lowest BCUT2D eigenvalue weighted by Gasteiger charge is -2.26. The normalized spacial score (nSPS) is 17.1. The Morgan fingerprint density at radius 3 is 2.91 bits per heavy atom. The zero-order valence-electron chi connectivity index (χ0n) is 14.3. The Kier molecular flexibility index (Phi) is 4.53. The maximum atomic E-state index is 12.5. The van der Waals surface area contributed by atoms with E-state index in [-0.39, 0.29) is 5.91 Å². The van der Waals surface area contributed by atoms with E-state index in [1.807, 2.05) is 43.2 Å². The zero-order valence-corrected chi connectivity index (χ0v) is 15.1. The number of rotatable bonds is 4. The molecule has 124 valence electrons. The molecule has 1 aliphatic carbocycles. The van der Waals surface area contributed by atoms with Crippen LogP contribution in [-0.4, -0.2) is 39.2 Å². The molecule has 0 N–H and O–H groups in total. The molecule has 0 fully saturated rings. The van der Waals surface area contributed by atoms with E-state index in [4.69, 9.17) is 4.98 Å². The van der Waals surface area contributed by atoms with E-state index in [9.17, 15) is 4.79 Å². The van der Waals surface area contributed by atoms with Crippen molar-refractivity contribution in [3.8, 4) is 0 Å². The second kappa shape index (κ2) is 6.43. The number of carbonyl (C=O) groups excluding carboxylic acids is 1. The summed E-state index contributed by atoms with van der Waals surface area (Å²) in [5.41, 5.74) is 3.21. The van der Waals surface area contributed by atoms with E-state index in [1.165, 1.54) is 17.0 Å². The lowest BCUT2D eigenvalue weighted by atomic mass is 9.90. The van der Waals surface area contributed by atoms with Crippen LogP contribution in [0.5, 0.6) is 0 Å². The second-order valence-corrected chi connectivity index (χ2v) is 7.78. The van der Waals surface area contributed by atoms with Crippen LogP contribution < -0.4 is 0 Å². The Hall–Kier alpha value is -1.69. The zero-order chi connectivity index (χ0) is 16.6. The predicted molar refractivity (Wildman–Crippen MR) is 91.9 cm³/mol. The lowest BCUT2D eigenvalue weighted by molar-refractivity contribution is -0.131. The summed E-state index contributed by atoms with van der Waals surface area (Å²) in [6, 6.07) is 2.00. The van der Waals surface area contributed by atoms with Crippen molar-refractivity contribution in [2.24, 2.45) is 0 Å². The van der Waals surface area contributed by atoms with Crippen molar-refractivity contribution in [3.63, 3.8) is 0 Å². The summed E-state index contributed by atoms with van der Waals surface area (Å²) in [7, 11) is 1.89. The molecule has 2 heterocycles. The van der Waals surface area contributed by atoms with Crippen LogP contribution in [0, 0.1) is 20.8 Å². The minimum Gasteiger partial charge on any atom is -0.343 e.